The lowest BCUT2D eigenvalue weighted by Gasteiger charge is -2.19. The number of para-hydroxylation sites is 2. The summed E-state index contributed by atoms with van der Waals surface area (Å²) in [6.07, 6.45) is 0. The van der Waals surface area contributed by atoms with Crippen LogP contribution in [0.4, 0.5) is 5.69 Å². The molecule has 0 radical (unpaired) electrons. The first-order chi connectivity index (χ1) is 13.6. The minimum absolute atomic E-state index is 0.370. The van der Waals surface area contributed by atoms with Crippen LogP contribution in [0.3, 0.4) is 0 Å². The summed E-state index contributed by atoms with van der Waals surface area (Å²) in [5.41, 5.74) is 0.871. The van der Waals surface area contributed by atoms with Crippen LogP contribution in [0.15, 0.2) is 78.9 Å². The molecule has 0 fully saturated rings. The van der Waals surface area contributed by atoms with Crippen molar-refractivity contribution in [3.05, 3.63) is 95.6 Å². The van der Waals surface area contributed by atoms with Crippen LogP contribution >= 0.6 is 0 Å². The monoisotopic (exact) mass is 369 g/mol. The largest absolute Gasteiger partial charge is 0.495 e. The van der Waals surface area contributed by atoms with Gasteiger partial charge >= 0.3 is 0 Å². The van der Waals surface area contributed by atoms with E-state index in [1.165, 1.54) is 0 Å². The Labute approximate surface area is 164 Å². The molecule has 138 valence electrons. The number of methoxy groups -OCH3 is 1. The number of hydrogen-bond acceptors (Lipinski definition) is 3. The first kappa shape index (κ1) is 17.8. The normalized spacial score (nSPS) is 17.6. The maximum atomic E-state index is 13.2. The molecule has 28 heavy (non-hydrogen) atoms. The Bertz CT molecular complexity index is 1080. The average Bonchev–Trinajstić information content (AvgIpc) is 2.96. The van der Waals surface area contributed by atoms with Gasteiger partial charge in [-0.05, 0) is 29.7 Å². The lowest BCUT2D eigenvalue weighted by Crippen LogP contribution is -2.39. The van der Waals surface area contributed by atoms with Gasteiger partial charge in [0.15, 0.2) is 0 Å². The van der Waals surface area contributed by atoms with Crippen molar-refractivity contribution in [1.29, 1.82) is 0 Å². The van der Waals surface area contributed by atoms with Gasteiger partial charge < -0.3 is 14.7 Å². The zero-order chi connectivity index (χ0) is 19.6. The molecule has 3 aromatic rings. The number of nitrogens with zero attached hydrogens (tertiary/aromatic N) is 1. The SMILES string of the molecule is COc1ccccc1C#CC1(O)C(=O)N(Cc2ccccc2)c2ccccc21. The predicted octanol–water partition coefficient (Wildman–Crippen LogP) is 3.48. The Hall–Kier alpha value is -3.55. The van der Waals surface area contributed by atoms with Gasteiger partial charge in [-0.25, -0.2) is 0 Å². The van der Waals surface area contributed by atoms with Gasteiger partial charge in [-0.2, -0.15) is 0 Å². The molecule has 1 aliphatic heterocycles. The fourth-order valence-electron chi connectivity index (χ4n) is 3.38. The lowest BCUT2D eigenvalue weighted by atomic mass is 9.95. The molecule has 1 N–H and O–H groups in total. The Morgan fingerprint density at radius 2 is 1.64 bits per heavy atom. The summed E-state index contributed by atoms with van der Waals surface area (Å²) in [6, 6.07) is 24.2. The summed E-state index contributed by atoms with van der Waals surface area (Å²) in [5.74, 6) is 5.89. The highest BCUT2D eigenvalue weighted by molar-refractivity contribution is 6.09. The highest BCUT2D eigenvalue weighted by Crippen LogP contribution is 2.40. The number of rotatable bonds is 3. The van der Waals surface area contributed by atoms with Gasteiger partial charge in [-0.1, -0.05) is 66.6 Å². The number of benzene rings is 3. The van der Waals surface area contributed by atoms with Crippen molar-refractivity contribution >= 4 is 11.6 Å². The summed E-state index contributed by atoms with van der Waals surface area (Å²) in [6.45, 7) is 0.370. The summed E-state index contributed by atoms with van der Waals surface area (Å²) in [4.78, 5) is 14.8. The van der Waals surface area contributed by atoms with Crippen molar-refractivity contribution in [2.45, 2.75) is 12.1 Å². The van der Waals surface area contributed by atoms with Crippen molar-refractivity contribution in [1.82, 2.24) is 0 Å². The van der Waals surface area contributed by atoms with E-state index < -0.39 is 11.5 Å². The molecule has 1 heterocycles. The first-order valence-electron chi connectivity index (χ1n) is 8.97. The fraction of sp³-hybridized carbons (Fsp3) is 0.125. The maximum absolute atomic E-state index is 13.2. The third-order valence-electron chi connectivity index (χ3n) is 4.81. The van der Waals surface area contributed by atoms with Crippen molar-refractivity contribution in [3.63, 3.8) is 0 Å². The Morgan fingerprint density at radius 1 is 0.964 bits per heavy atom. The van der Waals surface area contributed by atoms with Crippen molar-refractivity contribution in [2.24, 2.45) is 0 Å². The Kier molecular flexibility index (Phi) is 4.60. The molecule has 0 saturated heterocycles. The van der Waals surface area contributed by atoms with Crippen LogP contribution in [0.25, 0.3) is 0 Å². The maximum Gasteiger partial charge on any atom is 0.276 e. The molecular weight excluding hydrogens is 350 g/mol. The molecule has 4 rings (SSSR count). The topological polar surface area (TPSA) is 49.8 Å². The summed E-state index contributed by atoms with van der Waals surface area (Å²) < 4.78 is 5.31. The Morgan fingerprint density at radius 3 is 2.43 bits per heavy atom. The van der Waals surface area contributed by atoms with Crippen LogP contribution in [-0.2, 0) is 16.9 Å². The molecule has 1 aliphatic rings. The van der Waals surface area contributed by atoms with E-state index >= 15 is 0 Å². The number of carbonyl (C=O) groups excluding carboxylic acids is 1. The average molecular weight is 369 g/mol. The minimum Gasteiger partial charge on any atom is -0.495 e. The second kappa shape index (κ2) is 7.22. The van der Waals surface area contributed by atoms with Crippen LogP contribution in [0.1, 0.15) is 16.7 Å². The molecule has 3 aromatic carbocycles. The van der Waals surface area contributed by atoms with Crippen LogP contribution < -0.4 is 9.64 Å². The van der Waals surface area contributed by atoms with Crippen LogP contribution in [0, 0.1) is 11.8 Å². The number of carbonyl (C=O) groups is 1. The van der Waals surface area contributed by atoms with E-state index in [-0.39, 0.29) is 0 Å². The Balaban J connectivity index is 1.76. The van der Waals surface area contributed by atoms with Gasteiger partial charge in [0.05, 0.1) is 24.9 Å². The number of hydrogen-bond donors (Lipinski definition) is 1. The van der Waals surface area contributed by atoms with E-state index in [1.54, 1.807) is 36.3 Å². The second-order valence-corrected chi connectivity index (χ2v) is 6.55. The molecule has 0 spiro atoms. The van der Waals surface area contributed by atoms with E-state index in [2.05, 4.69) is 11.8 Å². The number of amides is 1. The highest BCUT2D eigenvalue weighted by atomic mass is 16.5. The highest BCUT2D eigenvalue weighted by Gasteiger charge is 2.48. The molecule has 0 bridgehead atoms. The zero-order valence-corrected chi connectivity index (χ0v) is 15.4. The molecule has 1 unspecified atom stereocenters. The summed E-state index contributed by atoms with van der Waals surface area (Å²) in [7, 11) is 1.56. The molecule has 1 amide bonds. The van der Waals surface area contributed by atoms with E-state index in [0.29, 0.717) is 29.1 Å². The van der Waals surface area contributed by atoms with Crippen molar-refractivity contribution in [2.75, 3.05) is 12.0 Å². The molecule has 4 heteroatoms. The van der Waals surface area contributed by atoms with E-state index in [0.717, 1.165) is 5.56 Å². The number of aliphatic hydroxyl groups is 1. The van der Waals surface area contributed by atoms with E-state index in [1.807, 2.05) is 54.6 Å². The van der Waals surface area contributed by atoms with E-state index in [9.17, 15) is 9.90 Å². The second-order valence-electron chi connectivity index (χ2n) is 6.55. The van der Waals surface area contributed by atoms with Gasteiger partial charge in [0.25, 0.3) is 5.91 Å². The quantitative estimate of drug-likeness (QED) is 0.719. The van der Waals surface area contributed by atoms with Crippen LogP contribution in [0.5, 0.6) is 5.75 Å². The molecular formula is C24H19NO3. The first-order valence-corrected chi connectivity index (χ1v) is 8.97. The number of anilines is 1. The van der Waals surface area contributed by atoms with Crippen molar-refractivity contribution in [3.8, 4) is 17.6 Å². The molecule has 0 saturated carbocycles. The number of ether oxygens (including phenoxy) is 1. The molecule has 0 aliphatic carbocycles. The third-order valence-corrected chi connectivity index (χ3v) is 4.81. The summed E-state index contributed by atoms with van der Waals surface area (Å²) in [5, 5.41) is 11.3. The van der Waals surface area contributed by atoms with Crippen molar-refractivity contribution < 1.29 is 14.6 Å². The summed E-state index contributed by atoms with van der Waals surface area (Å²) >= 11 is 0. The van der Waals surface area contributed by atoms with Gasteiger partial charge in [0.1, 0.15) is 5.75 Å². The lowest BCUT2D eigenvalue weighted by molar-refractivity contribution is -0.130. The molecule has 1 atom stereocenters. The van der Waals surface area contributed by atoms with Gasteiger partial charge in [0, 0.05) is 5.56 Å². The van der Waals surface area contributed by atoms with Gasteiger partial charge in [-0.3, -0.25) is 4.79 Å². The molecule has 0 aromatic heterocycles. The standard InChI is InChI=1S/C24H19NO3/c1-28-22-14-8-5-11-19(22)15-16-24(27)20-12-6-7-13-21(20)25(23(24)26)17-18-9-3-2-4-10-18/h2-14,27H,17H2,1H3. The zero-order valence-electron chi connectivity index (χ0n) is 15.4. The van der Waals surface area contributed by atoms with E-state index in [4.69, 9.17) is 4.74 Å². The van der Waals surface area contributed by atoms with Crippen LogP contribution in [0.2, 0.25) is 0 Å². The molecule has 4 nitrogen and oxygen atoms in total. The minimum atomic E-state index is -1.90. The van der Waals surface area contributed by atoms with Gasteiger partial charge in [-0.15, -0.1) is 0 Å². The van der Waals surface area contributed by atoms with Crippen LogP contribution in [-0.4, -0.2) is 18.1 Å². The smallest absolute Gasteiger partial charge is 0.276 e. The third kappa shape index (κ3) is 3.02. The van der Waals surface area contributed by atoms with Gasteiger partial charge in [0.2, 0.25) is 5.60 Å². The number of fused-ring (bicyclic) bond motifs is 1. The fourth-order valence-corrected chi connectivity index (χ4v) is 3.38. The predicted molar refractivity (Wildman–Crippen MR) is 108 cm³/mol.